The number of pyridine rings is 1. The molecule has 0 spiro atoms. The van der Waals surface area contributed by atoms with E-state index in [4.69, 9.17) is 5.73 Å². The van der Waals surface area contributed by atoms with Gasteiger partial charge in [0.05, 0.1) is 5.52 Å². The Morgan fingerprint density at radius 3 is 2.78 bits per heavy atom. The number of hydrogen-bond acceptors (Lipinski definition) is 3. The standard InChI is InChI=1S/C17H21N3O2.ClH/c18-11-13-5-3-4-9-20(13)17(22)12-19-10-8-16(21)14-6-1-2-7-15(14)19;/h1-2,6-8,10,13H,3-5,9,11-12,18H2;1H. The van der Waals surface area contributed by atoms with Gasteiger partial charge in [0, 0.05) is 36.8 Å². The van der Waals surface area contributed by atoms with Crippen molar-refractivity contribution in [2.45, 2.75) is 31.8 Å². The smallest absolute Gasteiger partial charge is 0.242 e. The number of para-hydroxylation sites is 1. The molecule has 0 bridgehead atoms. The zero-order chi connectivity index (χ0) is 15.5. The van der Waals surface area contributed by atoms with Crippen LogP contribution in [0.2, 0.25) is 0 Å². The minimum Gasteiger partial charge on any atom is -0.338 e. The van der Waals surface area contributed by atoms with E-state index in [1.165, 1.54) is 6.07 Å². The molecule has 0 aliphatic carbocycles. The second kappa shape index (κ2) is 7.62. The van der Waals surface area contributed by atoms with Crippen LogP contribution in [0, 0.1) is 0 Å². The highest BCUT2D eigenvalue weighted by Crippen LogP contribution is 2.17. The van der Waals surface area contributed by atoms with Crippen molar-refractivity contribution in [3.05, 3.63) is 46.8 Å². The Balaban J connectivity index is 0.00000192. The van der Waals surface area contributed by atoms with Crippen molar-refractivity contribution in [3.8, 4) is 0 Å². The van der Waals surface area contributed by atoms with Gasteiger partial charge in [0.25, 0.3) is 0 Å². The monoisotopic (exact) mass is 335 g/mol. The largest absolute Gasteiger partial charge is 0.338 e. The number of halogens is 1. The molecule has 2 N–H and O–H groups in total. The lowest BCUT2D eigenvalue weighted by Gasteiger charge is -2.35. The first kappa shape index (κ1) is 17.5. The van der Waals surface area contributed by atoms with Crippen LogP contribution >= 0.6 is 12.4 Å². The number of likely N-dealkylation sites (tertiary alicyclic amines) is 1. The maximum Gasteiger partial charge on any atom is 0.242 e. The van der Waals surface area contributed by atoms with Gasteiger partial charge in [-0.05, 0) is 31.4 Å². The van der Waals surface area contributed by atoms with Crippen LogP contribution in [-0.2, 0) is 11.3 Å². The van der Waals surface area contributed by atoms with Crippen molar-refractivity contribution in [2.75, 3.05) is 13.1 Å². The molecule has 1 aromatic heterocycles. The molecule has 1 atom stereocenters. The Bertz CT molecular complexity index is 744. The molecular formula is C17H22ClN3O2. The Morgan fingerprint density at radius 1 is 1.22 bits per heavy atom. The Hall–Kier alpha value is -1.85. The van der Waals surface area contributed by atoms with E-state index in [2.05, 4.69) is 0 Å². The molecule has 1 aliphatic rings. The first-order valence-electron chi connectivity index (χ1n) is 7.78. The predicted molar refractivity (Wildman–Crippen MR) is 93.9 cm³/mol. The van der Waals surface area contributed by atoms with Gasteiger partial charge in [-0.1, -0.05) is 12.1 Å². The molecular weight excluding hydrogens is 314 g/mol. The van der Waals surface area contributed by atoms with Crippen LogP contribution in [0.1, 0.15) is 19.3 Å². The first-order chi connectivity index (χ1) is 10.7. The molecule has 1 amide bonds. The number of nitrogens with two attached hydrogens (primary N) is 1. The molecule has 1 fully saturated rings. The number of rotatable bonds is 3. The van der Waals surface area contributed by atoms with Gasteiger partial charge in [-0.25, -0.2) is 0 Å². The third-order valence-corrected chi connectivity index (χ3v) is 4.41. The number of aromatic nitrogens is 1. The molecule has 1 aromatic carbocycles. The van der Waals surface area contributed by atoms with Crippen LogP contribution in [-0.4, -0.2) is 34.5 Å². The summed E-state index contributed by atoms with van der Waals surface area (Å²) in [6.45, 7) is 1.53. The van der Waals surface area contributed by atoms with E-state index in [9.17, 15) is 9.59 Å². The molecule has 23 heavy (non-hydrogen) atoms. The minimum atomic E-state index is -0.0166. The topological polar surface area (TPSA) is 68.3 Å². The lowest BCUT2D eigenvalue weighted by atomic mass is 10.0. The van der Waals surface area contributed by atoms with E-state index in [0.717, 1.165) is 31.3 Å². The highest BCUT2D eigenvalue weighted by atomic mass is 35.5. The second-order valence-corrected chi connectivity index (χ2v) is 5.80. The van der Waals surface area contributed by atoms with Crippen LogP contribution in [0.25, 0.3) is 10.9 Å². The van der Waals surface area contributed by atoms with Gasteiger partial charge in [-0.3, -0.25) is 9.59 Å². The highest BCUT2D eigenvalue weighted by Gasteiger charge is 2.25. The van der Waals surface area contributed by atoms with E-state index in [-0.39, 0.29) is 36.3 Å². The van der Waals surface area contributed by atoms with Gasteiger partial charge in [0.1, 0.15) is 6.54 Å². The summed E-state index contributed by atoms with van der Waals surface area (Å²) in [5.74, 6) is 0.0731. The van der Waals surface area contributed by atoms with Crippen molar-refractivity contribution in [3.63, 3.8) is 0 Å². The van der Waals surface area contributed by atoms with E-state index in [1.54, 1.807) is 12.3 Å². The van der Waals surface area contributed by atoms with Gasteiger partial charge in [0.2, 0.25) is 5.91 Å². The average molecular weight is 336 g/mol. The van der Waals surface area contributed by atoms with Crippen LogP contribution in [0.4, 0.5) is 0 Å². The number of benzene rings is 1. The normalized spacial score (nSPS) is 17.8. The molecule has 1 aliphatic heterocycles. The Kier molecular flexibility index (Phi) is 5.80. The number of amides is 1. The van der Waals surface area contributed by atoms with Crippen LogP contribution in [0.3, 0.4) is 0 Å². The number of fused-ring (bicyclic) bond motifs is 1. The highest BCUT2D eigenvalue weighted by molar-refractivity contribution is 5.85. The summed E-state index contributed by atoms with van der Waals surface area (Å²) in [6.07, 6.45) is 4.84. The molecule has 6 heteroatoms. The Morgan fingerprint density at radius 2 is 2.00 bits per heavy atom. The summed E-state index contributed by atoms with van der Waals surface area (Å²) in [5.41, 5.74) is 6.57. The molecule has 2 heterocycles. The van der Waals surface area contributed by atoms with Gasteiger partial charge in [-0.15, -0.1) is 12.4 Å². The van der Waals surface area contributed by atoms with Crippen molar-refractivity contribution in [1.82, 2.24) is 9.47 Å². The number of carbonyl (C=O) groups excluding carboxylic acids is 1. The van der Waals surface area contributed by atoms with Crippen molar-refractivity contribution >= 4 is 29.2 Å². The van der Waals surface area contributed by atoms with Gasteiger partial charge < -0.3 is 15.2 Å². The summed E-state index contributed by atoms with van der Waals surface area (Å²) in [4.78, 5) is 26.4. The lowest BCUT2D eigenvalue weighted by Crippen LogP contribution is -2.48. The van der Waals surface area contributed by atoms with Gasteiger partial charge in [0.15, 0.2) is 5.43 Å². The molecule has 5 nitrogen and oxygen atoms in total. The number of hydrogen-bond donors (Lipinski definition) is 1. The van der Waals surface area contributed by atoms with Crippen molar-refractivity contribution in [1.29, 1.82) is 0 Å². The molecule has 2 aromatic rings. The molecule has 124 valence electrons. The quantitative estimate of drug-likeness (QED) is 0.929. The lowest BCUT2D eigenvalue weighted by molar-refractivity contribution is -0.135. The van der Waals surface area contributed by atoms with E-state index >= 15 is 0 Å². The second-order valence-electron chi connectivity index (χ2n) is 5.80. The predicted octanol–water partition coefficient (Wildman–Crippen LogP) is 1.76. The molecule has 1 unspecified atom stereocenters. The van der Waals surface area contributed by atoms with Gasteiger partial charge >= 0.3 is 0 Å². The summed E-state index contributed by atoms with van der Waals surface area (Å²) in [7, 11) is 0. The number of piperidine rings is 1. The minimum absolute atomic E-state index is 0. The molecule has 1 saturated heterocycles. The fourth-order valence-electron chi connectivity index (χ4n) is 3.21. The van der Waals surface area contributed by atoms with E-state index < -0.39 is 0 Å². The molecule has 0 saturated carbocycles. The first-order valence-corrected chi connectivity index (χ1v) is 7.78. The van der Waals surface area contributed by atoms with E-state index in [1.807, 2.05) is 27.7 Å². The SMILES string of the molecule is Cl.NCC1CCCCN1C(=O)Cn1ccc(=O)c2ccccc21. The average Bonchev–Trinajstić information content (AvgIpc) is 2.57. The maximum absolute atomic E-state index is 12.6. The number of nitrogens with zero attached hydrogens (tertiary/aromatic N) is 2. The summed E-state index contributed by atoms with van der Waals surface area (Å²) >= 11 is 0. The molecule has 0 radical (unpaired) electrons. The van der Waals surface area contributed by atoms with E-state index in [0.29, 0.717) is 11.9 Å². The van der Waals surface area contributed by atoms with Crippen LogP contribution in [0.15, 0.2) is 41.3 Å². The Labute approximate surface area is 141 Å². The maximum atomic E-state index is 12.6. The fourth-order valence-corrected chi connectivity index (χ4v) is 3.21. The van der Waals surface area contributed by atoms with Crippen LogP contribution in [0.5, 0.6) is 0 Å². The third kappa shape index (κ3) is 3.57. The fraction of sp³-hybridized carbons (Fsp3) is 0.412. The van der Waals surface area contributed by atoms with Crippen molar-refractivity contribution in [2.24, 2.45) is 5.73 Å². The zero-order valence-electron chi connectivity index (χ0n) is 13.0. The van der Waals surface area contributed by atoms with Crippen LogP contribution < -0.4 is 11.2 Å². The third-order valence-electron chi connectivity index (χ3n) is 4.41. The summed E-state index contributed by atoms with van der Waals surface area (Å²) in [6, 6.07) is 9.05. The summed E-state index contributed by atoms with van der Waals surface area (Å²) in [5, 5.41) is 0.645. The number of carbonyl (C=O) groups is 1. The summed E-state index contributed by atoms with van der Waals surface area (Å²) < 4.78 is 1.85. The molecule has 3 rings (SSSR count). The van der Waals surface area contributed by atoms with Gasteiger partial charge in [-0.2, -0.15) is 0 Å². The zero-order valence-corrected chi connectivity index (χ0v) is 13.8. The van der Waals surface area contributed by atoms with Crippen molar-refractivity contribution < 1.29 is 4.79 Å².